The van der Waals surface area contributed by atoms with E-state index in [1.807, 2.05) is 0 Å². The normalized spacial score (nSPS) is 11.6. The van der Waals surface area contributed by atoms with Crippen molar-refractivity contribution in [2.45, 2.75) is 6.54 Å². The van der Waals surface area contributed by atoms with Crippen LogP contribution in [0.25, 0.3) is 0 Å². The van der Waals surface area contributed by atoms with Gasteiger partial charge in [-0.15, -0.1) is 11.3 Å². The number of nitrogens with zero attached hydrogens (tertiary/aromatic N) is 3. The Morgan fingerprint density at radius 1 is 1.65 bits per heavy atom. The second-order valence-corrected chi connectivity index (χ2v) is 4.28. The first-order valence-electron chi connectivity index (χ1n) is 4.77. The Bertz CT molecular complexity index is 589. The molecule has 0 bridgehead atoms. The number of aromatic nitrogens is 2. The van der Waals surface area contributed by atoms with Gasteiger partial charge in [0.25, 0.3) is 5.56 Å². The van der Waals surface area contributed by atoms with Crippen molar-refractivity contribution < 1.29 is 5.21 Å². The minimum Gasteiger partial charge on any atom is -0.409 e. The minimum atomic E-state index is -0.295. The van der Waals surface area contributed by atoms with Gasteiger partial charge in [-0.3, -0.25) is 9.78 Å². The fraction of sp³-hybridized carbons (Fsp3) is 0.100. The molecule has 6 nitrogen and oxygen atoms in total. The molecule has 88 valence electrons. The Kier molecular flexibility index (Phi) is 3.20. The van der Waals surface area contributed by atoms with Crippen LogP contribution in [-0.2, 0) is 6.54 Å². The summed E-state index contributed by atoms with van der Waals surface area (Å²) in [5, 5.41) is 11.4. The van der Waals surface area contributed by atoms with Gasteiger partial charge in [0.2, 0.25) is 0 Å². The number of pyridine rings is 1. The fourth-order valence-corrected chi connectivity index (χ4v) is 1.99. The summed E-state index contributed by atoms with van der Waals surface area (Å²) in [6, 6.07) is 3.19. The number of oxime groups is 1. The standard InChI is InChI=1S/C10H10N4O2S/c11-9(13-16)8-2-1-3-14(10(8)15)5-7-4-12-6-17-7/h1-4,6,16H,5H2,(H2,11,13). The lowest BCUT2D eigenvalue weighted by Gasteiger charge is -2.05. The maximum atomic E-state index is 12.0. The number of amidine groups is 1. The van der Waals surface area contributed by atoms with Gasteiger partial charge in [0.05, 0.1) is 17.6 Å². The third-order valence-corrected chi connectivity index (χ3v) is 2.98. The molecule has 7 heteroatoms. The second kappa shape index (κ2) is 4.79. The van der Waals surface area contributed by atoms with Crippen molar-refractivity contribution in [3.05, 3.63) is 50.8 Å². The third-order valence-electron chi connectivity index (χ3n) is 2.21. The molecule has 2 rings (SSSR count). The highest BCUT2D eigenvalue weighted by Gasteiger charge is 2.08. The van der Waals surface area contributed by atoms with E-state index in [1.54, 1.807) is 24.0 Å². The molecule has 0 saturated heterocycles. The van der Waals surface area contributed by atoms with E-state index in [1.165, 1.54) is 22.0 Å². The van der Waals surface area contributed by atoms with Gasteiger partial charge in [0, 0.05) is 17.3 Å². The van der Waals surface area contributed by atoms with Crippen LogP contribution in [0.5, 0.6) is 0 Å². The topological polar surface area (TPSA) is 93.5 Å². The monoisotopic (exact) mass is 250 g/mol. The predicted molar refractivity (Wildman–Crippen MR) is 64.4 cm³/mol. The summed E-state index contributed by atoms with van der Waals surface area (Å²) in [7, 11) is 0. The molecule has 2 aromatic heterocycles. The molecule has 3 N–H and O–H groups in total. The van der Waals surface area contributed by atoms with Crippen LogP contribution in [0.2, 0.25) is 0 Å². The predicted octanol–water partition coefficient (Wildman–Crippen LogP) is 0.448. The summed E-state index contributed by atoms with van der Waals surface area (Å²) in [4.78, 5) is 16.9. The molecule has 0 spiro atoms. The smallest absolute Gasteiger partial charge is 0.262 e. The molecule has 2 aromatic rings. The number of hydrogen-bond donors (Lipinski definition) is 2. The van der Waals surface area contributed by atoms with Crippen LogP contribution in [0.15, 0.2) is 40.0 Å². The van der Waals surface area contributed by atoms with Crippen molar-refractivity contribution in [2.24, 2.45) is 10.9 Å². The number of rotatable bonds is 3. The Morgan fingerprint density at radius 2 is 2.47 bits per heavy atom. The highest BCUT2D eigenvalue weighted by Crippen LogP contribution is 2.06. The molecule has 0 unspecified atom stereocenters. The first-order chi connectivity index (χ1) is 8.22. The molecule has 2 heterocycles. The van der Waals surface area contributed by atoms with Crippen LogP contribution >= 0.6 is 11.3 Å². The van der Waals surface area contributed by atoms with Crippen LogP contribution in [0.3, 0.4) is 0 Å². The van der Waals surface area contributed by atoms with E-state index in [9.17, 15) is 4.79 Å². The second-order valence-electron chi connectivity index (χ2n) is 3.31. The lowest BCUT2D eigenvalue weighted by molar-refractivity contribution is 0.318. The van der Waals surface area contributed by atoms with Gasteiger partial charge < -0.3 is 15.5 Å². The minimum absolute atomic E-state index is 0.180. The molecule has 0 aliphatic carbocycles. The van der Waals surface area contributed by atoms with Gasteiger partial charge in [-0.05, 0) is 12.1 Å². The highest BCUT2D eigenvalue weighted by atomic mass is 32.1. The van der Waals surface area contributed by atoms with Gasteiger partial charge in [-0.1, -0.05) is 5.16 Å². The van der Waals surface area contributed by atoms with Crippen molar-refractivity contribution >= 4 is 17.2 Å². The first-order valence-corrected chi connectivity index (χ1v) is 5.65. The Balaban J connectivity index is 2.40. The van der Waals surface area contributed by atoms with E-state index in [4.69, 9.17) is 10.9 Å². The lowest BCUT2D eigenvalue weighted by atomic mass is 10.2. The van der Waals surface area contributed by atoms with Crippen LogP contribution in [0.1, 0.15) is 10.4 Å². The Hall–Kier alpha value is -2.15. The zero-order valence-electron chi connectivity index (χ0n) is 8.78. The molecule has 0 aromatic carbocycles. The number of hydrogen-bond acceptors (Lipinski definition) is 5. The summed E-state index contributed by atoms with van der Waals surface area (Å²) in [6.07, 6.45) is 3.35. The van der Waals surface area contributed by atoms with Crippen LogP contribution in [-0.4, -0.2) is 20.6 Å². The van der Waals surface area contributed by atoms with Gasteiger partial charge in [0.15, 0.2) is 5.84 Å². The summed E-state index contributed by atoms with van der Waals surface area (Å²) in [6.45, 7) is 0.427. The molecule has 0 fully saturated rings. The van der Waals surface area contributed by atoms with Gasteiger partial charge in [-0.2, -0.15) is 0 Å². The van der Waals surface area contributed by atoms with Crippen molar-refractivity contribution in [1.82, 2.24) is 9.55 Å². The van der Waals surface area contributed by atoms with Crippen molar-refractivity contribution in [3.8, 4) is 0 Å². The summed E-state index contributed by atoms with van der Waals surface area (Å²) < 4.78 is 1.49. The summed E-state index contributed by atoms with van der Waals surface area (Å²) in [5.41, 5.74) is 7.00. The first kappa shape index (κ1) is 11.3. The Labute approximate surface area is 101 Å². The molecule has 17 heavy (non-hydrogen) atoms. The van der Waals surface area contributed by atoms with E-state index in [2.05, 4.69) is 10.1 Å². The molecular weight excluding hydrogens is 240 g/mol. The van der Waals surface area contributed by atoms with Crippen LogP contribution in [0, 0.1) is 0 Å². The molecule has 0 aliphatic heterocycles. The molecule has 0 atom stereocenters. The van der Waals surface area contributed by atoms with Gasteiger partial charge in [-0.25, -0.2) is 0 Å². The van der Waals surface area contributed by atoms with E-state index in [-0.39, 0.29) is 17.0 Å². The quantitative estimate of drug-likeness (QED) is 0.358. The molecular formula is C10H10N4O2S. The zero-order valence-corrected chi connectivity index (χ0v) is 9.59. The fourth-order valence-electron chi connectivity index (χ4n) is 1.40. The Morgan fingerprint density at radius 3 is 3.12 bits per heavy atom. The van der Waals surface area contributed by atoms with Crippen molar-refractivity contribution in [3.63, 3.8) is 0 Å². The van der Waals surface area contributed by atoms with Crippen molar-refractivity contribution in [1.29, 1.82) is 0 Å². The molecule has 0 radical (unpaired) electrons. The van der Waals surface area contributed by atoms with Crippen LogP contribution < -0.4 is 11.3 Å². The number of nitrogens with two attached hydrogens (primary N) is 1. The molecule has 0 aliphatic rings. The average molecular weight is 250 g/mol. The third kappa shape index (κ3) is 2.34. The maximum Gasteiger partial charge on any atom is 0.262 e. The maximum absolute atomic E-state index is 12.0. The van der Waals surface area contributed by atoms with Gasteiger partial charge >= 0.3 is 0 Å². The average Bonchev–Trinajstić information content (AvgIpc) is 2.84. The number of thiazole rings is 1. The van der Waals surface area contributed by atoms with E-state index >= 15 is 0 Å². The highest BCUT2D eigenvalue weighted by molar-refractivity contribution is 7.09. The van der Waals surface area contributed by atoms with E-state index in [0.717, 1.165) is 4.88 Å². The molecule has 0 amide bonds. The zero-order chi connectivity index (χ0) is 12.3. The largest absolute Gasteiger partial charge is 0.409 e. The van der Waals surface area contributed by atoms with E-state index in [0.29, 0.717) is 6.54 Å². The van der Waals surface area contributed by atoms with Crippen LogP contribution in [0.4, 0.5) is 0 Å². The van der Waals surface area contributed by atoms with Crippen molar-refractivity contribution in [2.75, 3.05) is 0 Å². The van der Waals surface area contributed by atoms with Gasteiger partial charge in [0.1, 0.15) is 0 Å². The summed E-state index contributed by atoms with van der Waals surface area (Å²) in [5.74, 6) is -0.186. The SMILES string of the molecule is N/C(=N/O)c1cccn(Cc2cncs2)c1=O. The van der Waals surface area contributed by atoms with E-state index < -0.39 is 0 Å². The summed E-state index contributed by atoms with van der Waals surface area (Å²) >= 11 is 1.46. The lowest BCUT2D eigenvalue weighted by Crippen LogP contribution is -2.29. The molecule has 0 saturated carbocycles.